The third-order valence-corrected chi connectivity index (χ3v) is 4.99. The van der Waals surface area contributed by atoms with Crippen LogP contribution in [0.15, 0.2) is 47.6 Å². The molecule has 0 aliphatic rings. The van der Waals surface area contributed by atoms with Crippen molar-refractivity contribution in [2.24, 2.45) is 0 Å². The van der Waals surface area contributed by atoms with Gasteiger partial charge >= 0.3 is 5.97 Å². The monoisotopic (exact) mass is 398 g/mol. The number of nitrogens with zero attached hydrogens (tertiary/aromatic N) is 2. The summed E-state index contributed by atoms with van der Waals surface area (Å²) in [5.41, 5.74) is 4.18. The molecule has 148 valence electrons. The third kappa shape index (κ3) is 5.29. The highest BCUT2D eigenvalue weighted by Gasteiger charge is 2.15. The predicted octanol–water partition coefficient (Wildman–Crippen LogP) is 4.78. The minimum atomic E-state index is -0.258. The fourth-order valence-corrected chi connectivity index (χ4v) is 3.89. The second-order valence-electron chi connectivity index (χ2n) is 7.03. The number of hydrogen-bond donors (Lipinski definition) is 0. The Kier molecular flexibility index (Phi) is 6.62. The molecule has 3 rings (SSSR count). The van der Waals surface area contributed by atoms with Crippen molar-refractivity contribution in [2.45, 2.75) is 45.5 Å². The van der Waals surface area contributed by atoms with Gasteiger partial charge in [0.15, 0.2) is 5.16 Å². The van der Waals surface area contributed by atoms with Crippen LogP contribution in [-0.2, 0) is 16.1 Å². The molecule has 1 aromatic heterocycles. The van der Waals surface area contributed by atoms with E-state index in [0.717, 1.165) is 27.7 Å². The zero-order chi connectivity index (χ0) is 20.1. The lowest BCUT2D eigenvalue weighted by atomic mass is 10.1. The van der Waals surface area contributed by atoms with Gasteiger partial charge in [0, 0.05) is 5.75 Å². The Morgan fingerprint density at radius 3 is 2.57 bits per heavy atom. The number of thioether (sulfide) groups is 1. The first kappa shape index (κ1) is 20.3. The first-order chi connectivity index (χ1) is 13.4. The van der Waals surface area contributed by atoms with E-state index in [9.17, 15) is 4.79 Å². The molecule has 2 aromatic carbocycles. The molecule has 0 bridgehead atoms. The van der Waals surface area contributed by atoms with Crippen molar-refractivity contribution in [3.05, 3.63) is 53.6 Å². The summed E-state index contributed by atoms with van der Waals surface area (Å²) in [6.07, 6.45) is -0.135. The smallest absolute Gasteiger partial charge is 0.326 e. The molecule has 0 saturated carbocycles. The number of imidazole rings is 1. The molecular weight excluding hydrogens is 372 g/mol. The number of aryl methyl sites for hydroxylation is 2. The standard InChI is InChI=1S/C22H26N2O3S/c1-15(2)27-21(25)14-24-20-8-6-5-7-19(20)23-22(24)28-10-9-26-18-12-16(3)11-17(4)13-18/h5-8,11-13,15H,9-10,14H2,1-4H3. The van der Waals surface area contributed by atoms with E-state index < -0.39 is 0 Å². The minimum Gasteiger partial charge on any atom is -0.493 e. The summed E-state index contributed by atoms with van der Waals surface area (Å²) in [4.78, 5) is 16.9. The quantitative estimate of drug-likeness (QED) is 0.311. The molecule has 6 heteroatoms. The van der Waals surface area contributed by atoms with Crippen molar-refractivity contribution < 1.29 is 14.3 Å². The minimum absolute atomic E-state index is 0.135. The van der Waals surface area contributed by atoms with Crippen molar-refractivity contribution in [3.8, 4) is 5.75 Å². The Morgan fingerprint density at radius 1 is 1.14 bits per heavy atom. The van der Waals surface area contributed by atoms with Gasteiger partial charge in [-0.2, -0.15) is 0 Å². The summed E-state index contributed by atoms with van der Waals surface area (Å²) in [6, 6.07) is 14.0. The van der Waals surface area contributed by atoms with Gasteiger partial charge in [-0.25, -0.2) is 4.98 Å². The van der Waals surface area contributed by atoms with Crippen molar-refractivity contribution >= 4 is 28.8 Å². The number of rotatable bonds is 8. The second kappa shape index (κ2) is 9.15. The van der Waals surface area contributed by atoms with Crippen LogP contribution in [0.3, 0.4) is 0 Å². The molecule has 0 aliphatic heterocycles. The van der Waals surface area contributed by atoms with Gasteiger partial charge in [0.05, 0.1) is 23.7 Å². The van der Waals surface area contributed by atoms with Gasteiger partial charge in [-0.15, -0.1) is 0 Å². The highest BCUT2D eigenvalue weighted by Crippen LogP contribution is 2.24. The molecule has 0 unspecified atom stereocenters. The van der Waals surface area contributed by atoms with Gasteiger partial charge in [0.2, 0.25) is 0 Å². The Morgan fingerprint density at radius 2 is 1.86 bits per heavy atom. The van der Waals surface area contributed by atoms with Crippen molar-refractivity contribution in [2.75, 3.05) is 12.4 Å². The zero-order valence-electron chi connectivity index (χ0n) is 16.8. The SMILES string of the molecule is Cc1cc(C)cc(OCCSc2nc3ccccc3n2CC(=O)OC(C)C)c1. The number of hydrogen-bond acceptors (Lipinski definition) is 5. The predicted molar refractivity (Wildman–Crippen MR) is 113 cm³/mol. The summed E-state index contributed by atoms with van der Waals surface area (Å²) in [7, 11) is 0. The van der Waals surface area contributed by atoms with Crippen molar-refractivity contribution in [3.63, 3.8) is 0 Å². The Labute approximate surface area is 170 Å². The maximum absolute atomic E-state index is 12.2. The molecule has 3 aromatic rings. The summed E-state index contributed by atoms with van der Waals surface area (Å²) in [5, 5.41) is 0.797. The number of esters is 1. The lowest BCUT2D eigenvalue weighted by molar-refractivity contribution is -0.148. The van der Waals surface area contributed by atoms with Gasteiger partial charge in [-0.3, -0.25) is 4.79 Å². The van der Waals surface area contributed by atoms with Crippen LogP contribution in [0, 0.1) is 13.8 Å². The largest absolute Gasteiger partial charge is 0.493 e. The Balaban J connectivity index is 1.68. The number of carbonyl (C=O) groups excluding carboxylic acids is 1. The van der Waals surface area contributed by atoms with E-state index in [4.69, 9.17) is 9.47 Å². The van der Waals surface area contributed by atoms with Crippen LogP contribution in [0.2, 0.25) is 0 Å². The van der Waals surface area contributed by atoms with E-state index in [-0.39, 0.29) is 18.6 Å². The first-order valence-electron chi connectivity index (χ1n) is 9.41. The number of para-hydroxylation sites is 2. The highest BCUT2D eigenvalue weighted by atomic mass is 32.2. The van der Waals surface area contributed by atoms with Crippen LogP contribution < -0.4 is 4.74 Å². The summed E-state index contributed by atoms with van der Waals surface area (Å²) in [5.74, 6) is 1.36. The Hall–Kier alpha value is -2.47. The van der Waals surface area contributed by atoms with Gasteiger partial charge in [0.1, 0.15) is 12.3 Å². The van der Waals surface area contributed by atoms with E-state index in [1.165, 1.54) is 11.1 Å². The molecule has 0 N–H and O–H groups in total. The van der Waals surface area contributed by atoms with Gasteiger partial charge in [0.25, 0.3) is 0 Å². The van der Waals surface area contributed by atoms with Crippen LogP contribution in [0.4, 0.5) is 0 Å². The van der Waals surface area contributed by atoms with E-state index in [1.807, 2.05) is 54.8 Å². The fraction of sp³-hybridized carbons (Fsp3) is 0.364. The molecule has 0 fully saturated rings. The van der Waals surface area contributed by atoms with Crippen LogP contribution in [0.1, 0.15) is 25.0 Å². The molecule has 0 spiro atoms. The third-order valence-electron chi connectivity index (χ3n) is 4.05. The molecule has 0 amide bonds. The van der Waals surface area contributed by atoms with Crippen LogP contribution in [-0.4, -0.2) is 34.0 Å². The van der Waals surface area contributed by atoms with Crippen molar-refractivity contribution in [1.29, 1.82) is 0 Å². The molecule has 5 nitrogen and oxygen atoms in total. The van der Waals surface area contributed by atoms with E-state index in [1.54, 1.807) is 11.8 Å². The maximum Gasteiger partial charge on any atom is 0.326 e. The van der Waals surface area contributed by atoms with E-state index in [2.05, 4.69) is 24.9 Å². The maximum atomic E-state index is 12.2. The molecule has 0 atom stereocenters. The Bertz CT molecular complexity index is 945. The van der Waals surface area contributed by atoms with Gasteiger partial charge in [-0.05, 0) is 63.1 Å². The van der Waals surface area contributed by atoms with E-state index >= 15 is 0 Å². The van der Waals surface area contributed by atoms with Crippen LogP contribution in [0.5, 0.6) is 5.75 Å². The van der Waals surface area contributed by atoms with Gasteiger partial charge < -0.3 is 14.0 Å². The van der Waals surface area contributed by atoms with Crippen LogP contribution in [0.25, 0.3) is 11.0 Å². The lowest BCUT2D eigenvalue weighted by Crippen LogP contribution is -2.18. The first-order valence-corrected chi connectivity index (χ1v) is 10.4. The topological polar surface area (TPSA) is 53.4 Å². The fourth-order valence-electron chi connectivity index (χ4n) is 3.05. The summed E-state index contributed by atoms with van der Waals surface area (Å²) < 4.78 is 13.1. The number of carbonyl (C=O) groups is 1. The van der Waals surface area contributed by atoms with Crippen LogP contribution >= 0.6 is 11.8 Å². The highest BCUT2D eigenvalue weighted by molar-refractivity contribution is 7.99. The molecule has 0 aliphatic carbocycles. The van der Waals surface area contributed by atoms with Gasteiger partial charge in [-0.1, -0.05) is 30.0 Å². The average molecular weight is 399 g/mol. The second-order valence-corrected chi connectivity index (χ2v) is 8.09. The number of fused-ring (bicyclic) bond motifs is 1. The normalized spacial score (nSPS) is 11.2. The number of ether oxygens (including phenoxy) is 2. The lowest BCUT2D eigenvalue weighted by Gasteiger charge is -2.11. The molecule has 0 saturated heterocycles. The zero-order valence-corrected chi connectivity index (χ0v) is 17.6. The van der Waals surface area contributed by atoms with Crippen molar-refractivity contribution in [1.82, 2.24) is 9.55 Å². The average Bonchev–Trinajstić information content (AvgIpc) is 2.95. The molecule has 28 heavy (non-hydrogen) atoms. The number of aromatic nitrogens is 2. The summed E-state index contributed by atoms with van der Waals surface area (Å²) in [6.45, 7) is 8.54. The number of benzene rings is 2. The molecule has 0 radical (unpaired) electrons. The summed E-state index contributed by atoms with van der Waals surface area (Å²) >= 11 is 1.58. The van der Waals surface area contributed by atoms with E-state index in [0.29, 0.717) is 6.61 Å². The molecular formula is C22H26N2O3S. The molecule has 1 heterocycles.